The van der Waals surface area contributed by atoms with E-state index in [9.17, 15) is 13.2 Å². The smallest absolute Gasteiger partial charge is 0.407 e. The highest BCUT2D eigenvalue weighted by molar-refractivity contribution is 7.93. The molecule has 0 unspecified atom stereocenters. The Morgan fingerprint density at radius 1 is 1.12 bits per heavy atom. The van der Waals surface area contributed by atoms with Crippen molar-refractivity contribution in [1.82, 2.24) is 20.3 Å². The second kappa shape index (κ2) is 11.6. The summed E-state index contributed by atoms with van der Waals surface area (Å²) in [6, 6.07) is 15.5. The van der Waals surface area contributed by atoms with Crippen LogP contribution in [0.2, 0.25) is 0 Å². The summed E-state index contributed by atoms with van der Waals surface area (Å²) in [7, 11) is -2.37. The van der Waals surface area contributed by atoms with Crippen LogP contribution in [0.1, 0.15) is 19.8 Å². The van der Waals surface area contributed by atoms with E-state index >= 15 is 4.39 Å². The quantitative estimate of drug-likeness (QED) is 0.234. The zero-order valence-electron chi connectivity index (χ0n) is 21.7. The molecule has 13 heteroatoms. The fourth-order valence-electron chi connectivity index (χ4n) is 3.91. The Hall–Kier alpha value is -4.10. The minimum Gasteiger partial charge on any atom is -0.453 e. The first-order valence-corrected chi connectivity index (χ1v) is 14.9. The molecule has 1 aliphatic carbocycles. The Labute approximate surface area is 235 Å². The van der Waals surface area contributed by atoms with Crippen molar-refractivity contribution in [3.63, 3.8) is 0 Å². The van der Waals surface area contributed by atoms with E-state index in [0.29, 0.717) is 46.6 Å². The van der Waals surface area contributed by atoms with Gasteiger partial charge in [-0.1, -0.05) is 36.4 Å². The number of aromatic nitrogens is 3. The van der Waals surface area contributed by atoms with Gasteiger partial charge in [0.15, 0.2) is 5.82 Å². The first-order valence-electron chi connectivity index (χ1n) is 12.5. The molecule has 1 atom stereocenters. The van der Waals surface area contributed by atoms with E-state index in [2.05, 4.69) is 30.1 Å². The number of nitrogens with one attached hydrogen (secondary N) is 3. The molecule has 0 radical (unpaired) electrons. The van der Waals surface area contributed by atoms with Gasteiger partial charge >= 0.3 is 6.09 Å². The number of ether oxygens (including phenoxy) is 1. The molecule has 0 aliphatic heterocycles. The number of benzene rings is 2. The number of alkyl carbamates (subject to hydrolysis) is 1. The number of amides is 1. The van der Waals surface area contributed by atoms with E-state index in [-0.39, 0.29) is 17.3 Å². The molecule has 2 aromatic heterocycles. The molecular formula is C27H27FN6O4S2. The van der Waals surface area contributed by atoms with E-state index in [1.54, 1.807) is 31.3 Å². The van der Waals surface area contributed by atoms with Crippen LogP contribution in [-0.2, 0) is 14.8 Å². The van der Waals surface area contributed by atoms with Crippen molar-refractivity contribution in [1.29, 1.82) is 0 Å². The lowest BCUT2D eigenvalue weighted by Crippen LogP contribution is -2.37. The molecule has 0 bridgehead atoms. The highest BCUT2D eigenvalue weighted by Crippen LogP contribution is 2.42. The lowest BCUT2D eigenvalue weighted by atomic mass is 10.1. The number of rotatable bonds is 10. The third kappa shape index (κ3) is 6.20. The van der Waals surface area contributed by atoms with Crippen LogP contribution in [0.5, 0.6) is 0 Å². The van der Waals surface area contributed by atoms with Gasteiger partial charge in [-0.25, -0.2) is 32.6 Å². The Kier molecular flexibility index (Phi) is 7.94. The summed E-state index contributed by atoms with van der Waals surface area (Å²) in [5.74, 6) is -0.406. The predicted molar refractivity (Wildman–Crippen MR) is 153 cm³/mol. The molecule has 2 aromatic carbocycles. The molecule has 5 rings (SSSR count). The standard InChI is InChI=1S/C27H27FN6O4S2/c1-16(31-27(35)38-2)15-30-26-29-14-13-21(32-26)24-23(33-25(39-24)17-7-4-3-5-8-17)19-9-6-10-20(22(19)28)34-40(36,37)18-11-12-18/h3-10,13-14,16,18,34H,11-12,15H2,1-2H3,(H,31,35)(H,29,30,32)/t16-/m0/s1. The van der Waals surface area contributed by atoms with Gasteiger partial charge in [-0.3, -0.25) is 4.72 Å². The normalized spacial score (nSPS) is 13.9. The van der Waals surface area contributed by atoms with Crippen molar-refractivity contribution in [2.45, 2.75) is 31.1 Å². The Balaban J connectivity index is 1.52. The van der Waals surface area contributed by atoms with Gasteiger partial charge in [0.05, 0.1) is 34.3 Å². The van der Waals surface area contributed by atoms with Crippen molar-refractivity contribution in [2.75, 3.05) is 23.7 Å². The van der Waals surface area contributed by atoms with Crippen molar-refractivity contribution < 1.29 is 22.3 Å². The minimum absolute atomic E-state index is 0.123. The number of sulfonamides is 1. The maximum Gasteiger partial charge on any atom is 0.407 e. The Bertz CT molecular complexity index is 1630. The van der Waals surface area contributed by atoms with Crippen molar-refractivity contribution in [3.05, 3.63) is 66.6 Å². The molecule has 3 N–H and O–H groups in total. The van der Waals surface area contributed by atoms with Crippen molar-refractivity contribution in [2.24, 2.45) is 0 Å². The highest BCUT2D eigenvalue weighted by atomic mass is 32.2. The molecule has 1 fully saturated rings. The van der Waals surface area contributed by atoms with Crippen molar-refractivity contribution >= 4 is 39.1 Å². The topological polar surface area (TPSA) is 135 Å². The average molecular weight is 583 g/mol. The van der Waals surface area contributed by atoms with Crippen LogP contribution in [0, 0.1) is 5.82 Å². The number of thiazole rings is 1. The second-order valence-corrected chi connectivity index (χ2v) is 12.2. The molecule has 1 aliphatic rings. The molecule has 10 nitrogen and oxygen atoms in total. The molecule has 1 saturated carbocycles. The van der Waals surface area contributed by atoms with E-state index < -0.39 is 27.2 Å². The fraction of sp³-hybridized carbons (Fsp3) is 0.259. The molecule has 1 amide bonds. The summed E-state index contributed by atoms with van der Waals surface area (Å²) in [6.07, 6.45) is 2.16. The van der Waals surface area contributed by atoms with Gasteiger partial charge in [0, 0.05) is 29.9 Å². The van der Waals surface area contributed by atoms with E-state index in [1.807, 2.05) is 30.3 Å². The fourth-order valence-corrected chi connectivity index (χ4v) is 6.36. The molecule has 0 spiro atoms. The lowest BCUT2D eigenvalue weighted by Gasteiger charge is -2.14. The van der Waals surface area contributed by atoms with Crippen molar-refractivity contribution in [3.8, 4) is 32.4 Å². The molecule has 0 saturated heterocycles. The molecule has 4 aromatic rings. The zero-order valence-corrected chi connectivity index (χ0v) is 23.4. The number of carbonyl (C=O) groups excluding carboxylic acids is 1. The number of anilines is 2. The third-order valence-corrected chi connectivity index (χ3v) is 9.10. The van der Waals surface area contributed by atoms with Gasteiger partial charge in [-0.15, -0.1) is 11.3 Å². The second-order valence-electron chi connectivity index (χ2n) is 9.26. The van der Waals surface area contributed by atoms with Gasteiger partial charge in [0.1, 0.15) is 5.01 Å². The molecule has 208 valence electrons. The average Bonchev–Trinajstić information content (AvgIpc) is 3.74. The Morgan fingerprint density at radius 3 is 2.62 bits per heavy atom. The first kappa shape index (κ1) is 27.5. The molecular weight excluding hydrogens is 555 g/mol. The van der Waals surface area contributed by atoms with Crippen LogP contribution in [0.25, 0.3) is 32.4 Å². The molecule has 40 heavy (non-hydrogen) atoms. The highest BCUT2D eigenvalue weighted by Gasteiger charge is 2.36. The minimum atomic E-state index is -3.66. The first-order chi connectivity index (χ1) is 19.2. The summed E-state index contributed by atoms with van der Waals surface area (Å²) < 4.78 is 47.9. The van der Waals surface area contributed by atoms with Gasteiger partial charge in [0.2, 0.25) is 16.0 Å². The SMILES string of the molecule is COC(=O)N[C@@H](C)CNc1nccc(-c2sc(-c3ccccc3)nc2-c2cccc(NS(=O)(=O)C3CC3)c2F)n1. The number of halogens is 1. The summed E-state index contributed by atoms with van der Waals surface area (Å²) in [6.45, 7) is 2.13. The monoisotopic (exact) mass is 582 g/mol. The lowest BCUT2D eigenvalue weighted by molar-refractivity contribution is 0.168. The zero-order chi connectivity index (χ0) is 28.3. The predicted octanol–water partition coefficient (Wildman–Crippen LogP) is 5.13. The van der Waals surface area contributed by atoms with Crippen LogP contribution in [-0.4, -0.2) is 54.4 Å². The number of methoxy groups -OCH3 is 1. The number of nitrogens with zero attached hydrogens (tertiary/aromatic N) is 3. The van der Waals surface area contributed by atoms with Gasteiger partial charge in [-0.05, 0) is 38.0 Å². The summed E-state index contributed by atoms with van der Waals surface area (Å²) in [5.41, 5.74) is 1.71. The van der Waals surface area contributed by atoms with Crippen LogP contribution in [0.4, 0.5) is 20.8 Å². The summed E-state index contributed by atoms with van der Waals surface area (Å²) in [5, 5.41) is 5.90. The summed E-state index contributed by atoms with van der Waals surface area (Å²) >= 11 is 1.34. The van der Waals surface area contributed by atoms with E-state index in [1.165, 1.54) is 24.5 Å². The van der Waals surface area contributed by atoms with Gasteiger partial charge in [-0.2, -0.15) is 0 Å². The van der Waals surface area contributed by atoms with E-state index in [0.717, 1.165) is 5.56 Å². The Morgan fingerprint density at radius 2 is 1.90 bits per heavy atom. The van der Waals surface area contributed by atoms with Crippen LogP contribution in [0.15, 0.2) is 60.8 Å². The van der Waals surface area contributed by atoms with E-state index in [4.69, 9.17) is 4.98 Å². The summed E-state index contributed by atoms with van der Waals surface area (Å²) in [4.78, 5) is 25.7. The molecule has 2 heterocycles. The van der Waals surface area contributed by atoms with Crippen LogP contribution >= 0.6 is 11.3 Å². The van der Waals surface area contributed by atoms with Crippen LogP contribution in [0.3, 0.4) is 0 Å². The number of hydrogen-bond donors (Lipinski definition) is 3. The number of carbonyl (C=O) groups is 1. The largest absolute Gasteiger partial charge is 0.453 e. The van der Waals surface area contributed by atoms with Gasteiger partial charge < -0.3 is 15.4 Å². The van der Waals surface area contributed by atoms with Gasteiger partial charge in [0.25, 0.3) is 0 Å². The van der Waals surface area contributed by atoms with Crippen LogP contribution < -0.4 is 15.4 Å². The maximum atomic E-state index is 15.9. The number of hydrogen-bond acceptors (Lipinski definition) is 9. The third-order valence-electron chi connectivity index (χ3n) is 6.12. The maximum absolute atomic E-state index is 15.9.